The maximum atomic E-state index is 12.5. The molecule has 0 radical (unpaired) electrons. The van der Waals surface area contributed by atoms with Crippen LogP contribution in [0.3, 0.4) is 0 Å². The third-order valence-electron chi connectivity index (χ3n) is 3.37. The van der Waals surface area contributed by atoms with Crippen LogP contribution in [-0.2, 0) is 17.1 Å². The number of nitrogens with zero attached hydrogens (tertiary/aromatic N) is 2. The van der Waals surface area contributed by atoms with Gasteiger partial charge in [-0.1, -0.05) is 52.2 Å². The second-order valence-corrected chi connectivity index (χ2v) is 8.43. The Morgan fingerprint density at radius 2 is 1.74 bits per heavy atom. The van der Waals surface area contributed by atoms with Gasteiger partial charge in [0.1, 0.15) is 0 Å². The molecule has 0 aliphatic carbocycles. The van der Waals surface area contributed by atoms with Gasteiger partial charge in [-0.25, -0.2) is 0 Å². The minimum absolute atomic E-state index is 0.157. The predicted octanol–water partition coefficient (Wildman–Crippen LogP) is 4.14. The molecule has 120 valence electrons. The van der Waals surface area contributed by atoms with E-state index >= 15 is 0 Å². The number of benzene rings is 2. The van der Waals surface area contributed by atoms with E-state index in [2.05, 4.69) is 4.40 Å². The van der Waals surface area contributed by atoms with Crippen LogP contribution in [0.4, 0.5) is 0 Å². The minimum atomic E-state index is -3.78. The van der Waals surface area contributed by atoms with Crippen LogP contribution in [0.2, 0.25) is 10.0 Å². The molecule has 23 heavy (non-hydrogen) atoms. The van der Waals surface area contributed by atoms with Gasteiger partial charge in [0.25, 0.3) is 10.0 Å². The maximum Gasteiger partial charge on any atom is 0.285 e. The van der Waals surface area contributed by atoms with Crippen LogP contribution < -0.4 is 4.80 Å². The number of fused-ring (bicyclic) bond motifs is 1. The van der Waals surface area contributed by atoms with Crippen LogP contribution >= 0.6 is 34.5 Å². The Kier molecular flexibility index (Phi) is 4.27. The highest BCUT2D eigenvalue weighted by Crippen LogP contribution is 2.31. The zero-order valence-corrected chi connectivity index (χ0v) is 15.4. The van der Waals surface area contributed by atoms with Crippen molar-refractivity contribution in [3.8, 4) is 0 Å². The van der Waals surface area contributed by atoms with Crippen molar-refractivity contribution in [3.05, 3.63) is 56.8 Å². The number of hydrogen-bond acceptors (Lipinski definition) is 3. The Morgan fingerprint density at radius 3 is 2.39 bits per heavy atom. The van der Waals surface area contributed by atoms with Crippen LogP contribution in [0.25, 0.3) is 10.2 Å². The lowest BCUT2D eigenvalue weighted by atomic mass is 10.2. The standard InChI is InChI=1S/C15H12Cl2N2O2S2/c1-9-3-5-10(6-4-9)23(20,21)18-15-19(2)14-12(22-15)8-7-11(16)13(14)17/h3-8H,1-2H3/b18-15-. The molecule has 0 amide bonds. The summed E-state index contributed by atoms with van der Waals surface area (Å²) in [5.74, 6) is 0. The van der Waals surface area contributed by atoms with Gasteiger partial charge in [0.15, 0.2) is 0 Å². The Labute approximate surface area is 147 Å². The van der Waals surface area contributed by atoms with Gasteiger partial charge < -0.3 is 4.57 Å². The molecular weight excluding hydrogens is 375 g/mol. The van der Waals surface area contributed by atoms with Crippen molar-refractivity contribution in [1.29, 1.82) is 0 Å². The number of aromatic nitrogens is 1. The monoisotopic (exact) mass is 386 g/mol. The minimum Gasteiger partial charge on any atom is -0.318 e. The Hall–Kier alpha value is -1.34. The van der Waals surface area contributed by atoms with Crippen LogP contribution in [0.15, 0.2) is 45.7 Å². The van der Waals surface area contributed by atoms with Gasteiger partial charge >= 0.3 is 0 Å². The summed E-state index contributed by atoms with van der Waals surface area (Å²) in [6.45, 7) is 1.89. The van der Waals surface area contributed by atoms with E-state index in [4.69, 9.17) is 23.2 Å². The molecular formula is C15H12Cl2N2O2S2. The topological polar surface area (TPSA) is 51.4 Å². The molecule has 3 rings (SSSR count). The largest absolute Gasteiger partial charge is 0.318 e. The van der Waals surface area contributed by atoms with E-state index in [1.807, 2.05) is 6.92 Å². The Bertz CT molecular complexity index is 1070. The Morgan fingerprint density at radius 1 is 1.09 bits per heavy atom. The summed E-state index contributed by atoms with van der Waals surface area (Å²) in [5, 5.41) is 0.803. The number of halogens is 2. The van der Waals surface area contributed by atoms with Crippen molar-refractivity contribution in [1.82, 2.24) is 4.57 Å². The molecule has 0 unspecified atom stereocenters. The van der Waals surface area contributed by atoms with Crippen molar-refractivity contribution in [2.75, 3.05) is 0 Å². The number of rotatable bonds is 2. The second kappa shape index (κ2) is 5.94. The van der Waals surface area contributed by atoms with Gasteiger partial charge in [0.2, 0.25) is 4.80 Å². The predicted molar refractivity (Wildman–Crippen MR) is 94.7 cm³/mol. The SMILES string of the molecule is Cc1ccc(S(=O)(=O)/N=c2\sc3ccc(Cl)c(Cl)c3n2C)cc1. The number of thiazole rings is 1. The number of hydrogen-bond donors (Lipinski definition) is 0. The first-order chi connectivity index (χ1) is 10.8. The molecule has 8 heteroatoms. The molecule has 0 saturated carbocycles. The van der Waals surface area contributed by atoms with Crippen LogP contribution in [-0.4, -0.2) is 13.0 Å². The number of aryl methyl sites for hydroxylation is 2. The van der Waals surface area contributed by atoms with E-state index in [9.17, 15) is 8.42 Å². The van der Waals surface area contributed by atoms with Crippen LogP contribution in [0.1, 0.15) is 5.56 Å². The third kappa shape index (κ3) is 3.04. The van der Waals surface area contributed by atoms with E-state index in [1.165, 1.54) is 11.3 Å². The summed E-state index contributed by atoms with van der Waals surface area (Å²) in [5.41, 5.74) is 1.65. The molecule has 0 aliphatic rings. The lowest BCUT2D eigenvalue weighted by molar-refractivity contribution is 0.596. The molecule has 1 aromatic heterocycles. The average molecular weight is 387 g/mol. The molecule has 0 atom stereocenters. The molecule has 2 aromatic carbocycles. The van der Waals surface area contributed by atoms with Crippen molar-refractivity contribution in [2.45, 2.75) is 11.8 Å². The van der Waals surface area contributed by atoms with Gasteiger partial charge in [-0.15, -0.1) is 4.40 Å². The van der Waals surface area contributed by atoms with E-state index < -0.39 is 10.0 Å². The van der Waals surface area contributed by atoms with Gasteiger partial charge in [0, 0.05) is 7.05 Å². The van der Waals surface area contributed by atoms with Crippen LogP contribution in [0, 0.1) is 6.92 Å². The number of sulfonamides is 1. The van der Waals surface area contributed by atoms with E-state index in [1.54, 1.807) is 48.0 Å². The van der Waals surface area contributed by atoms with Gasteiger partial charge in [0.05, 0.1) is 25.2 Å². The lowest BCUT2D eigenvalue weighted by Gasteiger charge is -2.01. The molecule has 4 nitrogen and oxygen atoms in total. The fourth-order valence-electron chi connectivity index (χ4n) is 2.13. The molecule has 0 aliphatic heterocycles. The first-order valence-electron chi connectivity index (χ1n) is 6.61. The molecule has 0 N–H and O–H groups in total. The van der Waals surface area contributed by atoms with Gasteiger partial charge in [-0.3, -0.25) is 0 Å². The zero-order chi connectivity index (χ0) is 16.8. The smallest absolute Gasteiger partial charge is 0.285 e. The van der Waals surface area contributed by atoms with E-state index in [0.717, 1.165) is 10.3 Å². The molecule has 0 bridgehead atoms. The average Bonchev–Trinajstić information content (AvgIpc) is 2.80. The van der Waals surface area contributed by atoms with Crippen molar-refractivity contribution >= 4 is 54.8 Å². The quantitative estimate of drug-likeness (QED) is 0.664. The van der Waals surface area contributed by atoms with Crippen molar-refractivity contribution in [2.24, 2.45) is 11.4 Å². The maximum absolute atomic E-state index is 12.5. The molecule has 0 spiro atoms. The highest BCUT2D eigenvalue weighted by Gasteiger charge is 2.15. The second-order valence-electron chi connectivity index (χ2n) is 5.03. The summed E-state index contributed by atoms with van der Waals surface area (Å²) in [7, 11) is -2.07. The summed E-state index contributed by atoms with van der Waals surface area (Å²) < 4.78 is 31.3. The van der Waals surface area contributed by atoms with Gasteiger partial charge in [-0.05, 0) is 31.2 Å². The fourth-order valence-corrected chi connectivity index (χ4v) is 4.88. The summed E-state index contributed by atoms with van der Waals surface area (Å²) in [6, 6.07) is 10.1. The zero-order valence-electron chi connectivity index (χ0n) is 12.2. The van der Waals surface area contributed by atoms with E-state index in [0.29, 0.717) is 20.4 Å². The first kappa shape index (κ1) is 16.5. The molecule has 0 fully saturated rings. The Balaban J connectivity index is 2.23. The van der Waals surface area contributed by atoms with Gasteiger partial charge in [-0.2, -0.15) is 8.42 Å². The van der Waals surface area contributed by atoms with Crippen LogP contribution in [0.5, 0.6) is 0 Å². The van der Waals surface area contributed by atoms with Crippen molar-refractivity contribution < 1.29 is 8.42 Å². The highest BCUT2D eigenvalue weighted by atomic mass is 35.5. The third-order valence-corrected chi connectivity index (χ3v) is 6.66. The first-order valence-corrected chi connectivity index (χ1v) is 9.62. The summed E-state index contributed by atoms with van der Waals surface area (Å²) >= 11 is 13.5. The molecule has 1 heterocycles. The lowest BCUT2D eigenvalue weighted by Crippen LogP contribution is -2.13. The molecule has 0 saturated heterocycles. The fraction of sp³-hybridized carbons (Fsp3) is 0.133. The normalized spacial score (nSPS) is 13.0. The highest BCUT2D eigenvalue weighted by molar-refractivity contribution is 7.90. The van der Waals surface area contributed by atoms with E-state index in [-0.39, 0.29) is 4.90 Å². The van der Waals surface area contributed by atoms with Crippen molar-refractivity contribution in [3.63, 3.8) is 0 Å². The summed E-state index contributed by atoms with van der Waals surface area (Å²) in [6.07, 6.45) is 0. The molecule has 3 aromatic rings. The summed E-state index contributed by atoms with van der Waals surface area (Å²) in [4.78, 5) is 0.495.